The Morgan fingerprint density at radius 2 is 1.78 bits per heavy atom. The lowest BCUT2D eigenvalue weighted by Gasteiger charge is -2.41. The number of carbonyl (C=O) groups excluding carboxylic acids is 4. The van der Waals surface area contributed by atoms with Gasteiger partial charge in [-0.2, -0.15) is 0 Å². The lowest BCUT2D eigenvalue weighted by Crippen LogP contribution is -2.62. The molecule has 1 heterocycles. The molecule has 202 valence electrons. The molecule has 10 nitrogen and oxygen atoms in total. The Hall–Kier alpha value is -2.46. The van der Waals surface area contributed by atoms with Crippen molar-refractivity contribution >= 4 is 23.6 Å². The Labute approximate surface area is 213 Å². The van der Waals surface area contributed by atoms with Gasteiger partial charge in [-0.05, 0) is 42.4 Å². The van der Waals surface area contributed by atoms with Gasteiger partial charge in [-0.15, -0.1) is 6.58 Å². The van der Waals surface area contributed by atoms with E-state index in [4.69, 9.17) is 5.73 Å². The van der Waals surface area contributed by atoms with Crippen LogP contribution in [-0.2, 0) is 14.4 Å². The minimum absolute atomic E-state index is 0.0305. The fourth-order valence-electron chi connectivity index (χ4n) is 6.00. The average molecular weight is 506 g/mol. The van der Waals surface area contributed by atoms with Gasteiger partial charge in [-0.1, -0.05) is 52.5 Å². The summed E-state index contributed by atoms with van der Waals surface area (Å²) in [4.78, 5) is 52.6. The van der Waals surface area contributed by atoms with E-state index < -0.39 is 47.5 Å². The number of primary amides is 1. The highest BCUT2D eigenvalue weighted by atomic mass is 16.3. The number of nitrogens with one attached hydrogen (secondary N) is 3. The van der Waals surface area contributed by atoms with Gasteiger partial charge < -0.3 is 26.8 Å². The van der Waals surface area contributed by atoms with E-state index in [9.17, 15) is 24.3 Å². The zero-order valence-electron chi connectivity index (χ0n) is 21.8. The first-order chi connectivity index (χ1) is 16.9. The van der Waals surface area contributed by atoms with Gasteiger partial charge in [-0.25, -0.2) is 4.79 Å². The van der Waals surface area contributed by atoms with Gasteiger partial charge in [0.25, 0.3) is 5.91 Å². The highest BCUT2D eigenvalue weighted by molar-refractivity contribution is 6.38. The van der Waals surface area contributed by atoms with Crippen LogP contribution in [0, 0.1) is 23.2 Å². The molecule has 0 aromatic rings. The van der Waals surface area contributed by atoms with E-state index in [1.807, 2.05) is 20.8 Å². The lowest BCUT2D eigenvalue weighted by molar-refractivity contribution is -0.142. The van der Waals surface area contributed by atoms with Crippen molar-refractivity contribution in [3.8, 4) is 0 Å². The second kappa shape index (κ2) is 11.7. The second-order valence-corrected chi connectivity index (χ2v) is 11.7. The van der Waals surface area contributed by atoms with Crippen molar-refractivity contribution in [2.45, 2.75) is 90.1 Å². The summed E-state index contributed by atoms with van der Waals surface area (Å²) in [6.45, 7) is 9.90. The van der Waals surface area contributed by atoms with E-state index >= 15 is 0 Å². The standard InChI is InChI=1S/C26H43N5O5/c1-5-12-28-23(34)20(32)18(13-15-8-6-9-15)29-22(33)19-17-11-7-10-16(17)14-31(19)24(35)21(26(2,3)4)30-25(27)36/h5,15-19,21,24,35H,1,6-14H2,2-4H3,(H,28,34)(H,29,33)(H3,27,30,36)/t16-,17-,18?,19-,21+,24?/m0/s1. The van der Waals surface area contributed by atoms with Crippen LogP contribution in [0.3, 0.4) is 0 Å². The van der Waals surface area contributed by atoms with Crippen molar-refractivity contribution in [2.75, 3.05) is 13.1 Å². The first kappa shape index (κ1) is 28.1. The van der Waals surface area contributed by atoms with Gasteiger partial charge in [0.05, 0.1) is 18.1 Å². The molecule has 0 spiro atoms. The van der Waals surface area contributed by atoms with Gasteiger partial charge in [-0.3, -0.25) is 19.3 Å². The molecule has 3 aliphatic rings. The van der Waals surface area contributed by atoms with Crippen molar-refractivity contribution in [2.24, 2.45) is 28.9 Å². The van der Waals surface area contributed by atoms with Crippen LogP contribution in [0.5, 0.6) is 0 Å². The molecule has 3 rings (SSSR count). The summed E-state index contributed by atoms with van der Waals surface area (Å²) in [6, 6.07) is -3.04. The molecule has 1 aliphatic heterocycles. The number of fused-ring (bicyclic) bond motifs is 1. The van der Waals surface area contributed by atoms with Gasteiger partial charge in [0.2, 0.25) is 11.7 Å². The summed E-state index contributed by atoms with van der Waals surface area (Å²) in [5.74, 6) is -1.19. The molecule has 6 atom stereocenters. The Kier molecular flexibility index (Phi) is 9.16. The first-order valence-corrected chi connectivity index (χ1v) is 13.2. The van der Waals surface area contributed by atoms with E-state index in [1.165, 1.54) is 6.08 Å². The summed E-state index contributed by atoms with van der Waals surface area (Å²) in [6.07, 6.45) is 6.59. The molecule has 36 heavy (non-hydrogen) atoms. The lowest BCUT2D eigenvalue weighted by atomic mass is 9.80. The molecule has 0 radical (unpaired) electrons. The number of Topliss-reactive ketones (excluding diaryl/α,β-unsaturated/α-hetero) is 1. The van der Waals surface area contributed by atoms with Crippen LogP contribution in [0.25, 0.3) is 0 Å². The number of hydrogen-bond donors (Lipinski definition) is 5. The Morgan fingerprint density at radius 1 is 1.11 bits per heavy atom. The summed E-state index contributed by atoms with van der Waals surface area (Å²) < 4.78 is 0. The quantitative estimate of drug-likeness (QED) is 0.209. The normalized spacial score (nSPS) is 26.7. The molecule has 0 aromatic heterocycles. The maximum Gasteiger partial charge on any atom is 0.312 e. The number of likely N-dealkylation sites (tertiary alicyclic amines) is 1. The summed E-state index contributed by atoms with van der Waals surface area (Å²) in [7, 11) is 0. The highest BCUT2D eigenvalue weighted by Crippen LogP contribution is 2.44. The average Bonchev–Trinajstić information content (AvgIpc) is 3.36. The zero-order valence-corrected chi connectivity index (χ0v) is 21.8. The maximum atomic E-state index is 13.8. The molecule has 1 saturated heterocycles. The van der Waals surface area contributed by atoms with Crippen molar-refractivity contribution in [3.63, 3.8) is 0 Å². The van der Waals surface area contributed by atoms with E-state index in [1.54, 1.807) is 4.90 Å². The first-order valence-electron chi connectivity index (χ1n) is 13.2. The topological polar surface area (TPSA) is 154 Å². The van der Waals surface area contributed by atoms with Crippen molar-refractivity contribution < 1.29 is 24.3 Å². The number of hydrogen-bond acceptors (Lipinski definition) is 6. The number of aliphatic hydroxyl groups is 1. The Balaban J connectivity index is 1.82. The van der Waals surface area contributed by atoms with Crippen molar-refractivity contribution in [1.82, 2.24) is 20.9 Å². The zero-order chi connectivity index (χ0) is 26.6. The van der Waals surface area contributed by atoms with E-state index in [0.717, 1.165) is 38.5 Å². The molecule has 3 fully saturated rings. The Morgan fingerprint density at radius 3 is 2.33 bits per heavy atom. The fraction of sp³-hybridized carbons (Fsp3) is 0.769. The predicted molar refractivity (Wildman–Crippen MR) is 135 cm³/mol. The SMILES string of the molecule is C=CCNC(=O)C(=O)C(CC1CCC1)NC(=O)[C@@H]1[C@H]2CCC[C@H]2CN1C(O)[C@@H](NC(N)=O)C(C)(C)C. The number of aliphatic hydroxyl groups excluding tert-OH is 1. The molecular weight excluding hydrogens is 462 g/mol. The van der Waals surface area contributed by atoms with Crippen molar-refractivity contribution in [1.29, 1.82) is 0 Å². The smallest absolute Gasteiger partial charge is 0.312 e. The number of rotatable bonds is 11. The minimum atomic E-state index is -1.14. The molecule has 4 amide bonds. The van der Waals surface area contributed by atoms with Gasteiger partial charge in [0.1, 0.15) is 6.23 Å². The van der Waals surface area contributed by atoms with Crippen LogP contribution < -0.4 is 21.7 Å². The fourth-order valence-corrected chi connectivity index (χ4v) is 6.00. The van der Waals surface area contributed by atoms with Crippen LogP contribution in [0.15, 0.2) is 12.7 Å². The molecule has 10 heteroatoms. The molecule has 2 saturated carbocycles. The van der Waals surface area contributed by atoms with Crippen LogP contribution in [0.2, 0.25) is 0 Å². The number of amides is 4. The number of ketones is 1. The van der Waals surface area contributed by atoms with Crippen molar-refractivity contribution in [3.05, 3.63) is 12.7 Å². The van der Waals surface area contributed by atoms with E-state index in [-0.39, 0.29) is 24.3 Å². The van der Waals surface area contributed by atoms with E-state index in [2.05, 4.69) is 22.5 Å². The number of urea groups is 1. The maximum absolute atomic E-state index is 13.8. The third-order valence-electron chi connectivity index (χ3n) is 8.12. The summed E-state index contributed by atoms with van der Waals surface area (Å²) in [5.41, 5.74) is 4.87. The molecular formula is C26H43N5O5. The monoisotopic (exact) mass is 505 g/mol. The van der Waals surface area contributed by atoms with E-state index in [0.29, 0.717) is 18.9 Å². The molecule has 0 aromatic carbocycles. The molecule has 6 N–H and O–H groups in total. The summed E-state index contributed by atoms with van der Waals surface area (Å²) in [5, 5.41) is 19.5. The third kappa shape index (κ3) is 6.45. The number of carbonyl (C=O) groups is 4. The van der Waals surface area contributed by atoms with Gasteiger partial charge in [0, 0.05) is 13.1 Å². The minimum Gasteiger partial charge on any atom is -0.376 e. The highest BCUT2D eigenvalue weighted by Gasteiger charge is 2.52. The summed E-state index contributed by atoms with van der Waals surface area (Å²) >= 11 is 0. The largest absolute Gasteiger partial charge is 0.376 e. The van der Waals surface area contributed by atoms with Gasteiger partial charge in [0.15, 0.2) is 0 Å². The van der Waals surface area contributed by atoms with Crippen LogP contribution >= 0.6 is 0 Å². The third-order valence-corrected chi connectivity index (χ3v) is 8.12. The molecule has 0 bridgehead atoms. The molecule has 2 aliphatic carbocycles. The van der Waals surface area contributed by atoms with Crippen LogP contribution in [0.4, 0.5) is 4.79 Å². The molecule has 2 unspecified atom stereocenters. The second-order valence-electron chi connectivity index (χ2n) is 11.7. The van der Waals surface area contributed by atoms with Crippen LogP contribution in [0.1, 0.15) is 65.7 Å². The predicted octanol–water partition coefficient (Wildman–Crippen LogP) is 1.03. The van der Waals surface area contributed by atoms with Crippen LogP contribution in [-0.4, -0.2) is 71.1 Å². The number of nitrogens with two attached hydrogens (primary N) is 1. The number of nitrogens with zero attached hydrogens (tertiary/aromatic N) is 1. The Bertz CT molecular complexity index is 852. The van der Waals surface area contributed by atoms with Gasteiger partial charge >= 0.3 is 6.03 Å².